The van der Waals surface area contributed by atoms with E-state index in [1.807, 2.05) is 32.0 Å². The van der Waals surface area contributed by atoms with E-state index in [4.69, 9.17) is 0 Å². The molecule has 0 atom stereocenters. The number of carbonyl (C=O) groups is 1. The zero-order chi connectivity index (χ0) is 15.5. The SMILES string of the molecule is Cc1cc(C)nc(NC(=O)c2cccc(-n3cnnn3)c2)c1. The van der Waals surface area contributed by atoms with Gasteiger partial charge in [-0.15, -0.1) is 5.10 Å². The van der Waals surface area contributed by atoms with E-state index < -0.39 is 0 Å². The second-order valence-corrected chi connectivity index (χ2v) is 4.93. The van der Waals surface area contributed by atoms with Gasteiger partial charge in [-0.3, -0.25) is 4.79 Å². The Hall–Kier alpha value is -3.09. The Kier molecular flexibility index (Phi) is 3.61. The molecule has 0 radical (unpaired) electrons. The summed E-state index contributed by atoms with van der Waals surface area (Å²) < 4.78 is 1.49. The van der Waals surface area contributed by atoms with Gasteiger partial charge in [0.2, 0.25) is 0 Å². The predicted octanol–water partition coefficient (Wildman–Crippen LogP) is 1.93. The third kappa shape index (κ3) is 2.98. The van der Waals surface area contributed by atoms with Crippen molar-refractivity contribution in [1.82, 2.24) is 25.2 Å². The Morgan fingerprint density at radius 2 is 2.05 bits per heavy atom. The lowest BCUT2D eigenvalue weighted by Crippen LogP contribution is -2.14. The third-order valence-corrected chi connectivity index (χ3v) is 3.06. The molecule has 0 spiro atoms. The van der Waals surface area contributed by atoms with Crippen LogP contribution in [0.25, 0.3) is 5.69 Å². The second kappa shape index (κ2) is 5.72. The first-order valence-electron chi connectivity index (χ1n) is 6.72. The molecule has 0 saturated heterocycles. The molecule has 2 heterocycles. The van der Waals surface area contributed by atoms with Crippen LogP contribution in [0, 0.1) is 13.8 Å². The Labute approximate surface area is 127 Å². The molecule has 1 N–H and O–H groups in total. The Morgan fingerprint density at radius 3 is 2.77 bits per heavy atom. The first kappa shape index (κ1) is 13.9. The van der Waals surface area contributed by atoms with Gasteiger partial charge in [0.1, 0.15) is 12.1 Å². The quantitative estimate of drug-likeness (QED) is 0.797. The molecule has 1 amide bonds. The fourth-order valence-corrected chi connectivity index (χ4v) is 2.16. The van der Waals surface area contributed by atoms with E-state index in [-0.39, 0.29) is 5.91 Å². The summed E-state index contributed by atoms with van der Waals surface area (Å²) in [5, 5.41) is 13.8. The molecule has 0 saturated carbocycles. The summed E-state index contributed by atoms with van der Waals surface area (Å²) in [7, 11) is 0. The summed E-state index contributed by atoms with van der Waals surface area (Å²) in [6, 6.07) is 10.8. The number of anilines is 1. The standard InChI is InChI=1S/C15H14N6O/c1-10-6-11(2)17-14(7-10)18-15(22)12-4-3-5-13(8-12)21-9-16-19-20-21/h3-9H,1-2H3,(H,17,18,22). The summed E-state index contributed by atoms with van der Waals surface area (Å²) in [5.41, 5.74) is 3.13. The molecule has 0 aliphatic carbocycles. The summed E-state index contributed by atoms with van der Waals surface area (Å²) in [6.07, 6.45) is 1.47. The van der Waals surface area contributed by atoms with Crippen LogP contribution in [0.4, 0.5) is 5.82 Å². The Morgan fingerprint density at radius 1 is 1.18 bits per heavy atom. The van der Waals surface area contributed by atoms with Gasteiger partial charge < -0.3 is 5.32 Å². The van der Waals surface area contributed by atoms with Crippen molar-refractivity contribution in [3.63, 3.8) is 0 Å². The van der Waals surface area contributed by atoms with Crippen LogP contribution >= 0.6 is 0 Å². The average Bonchev–Trinajstić information content (AvgIpc) is 3.00. The van der Waals surface area contributed by atoms with E-state index in [0.29, 0.717) is 17.1 Å². The molecule has 22 heavy (non-hydrogen) atoms. The minimum absolute atomic E-state index is 0.229. The number of pyridine rings is 1. The van der Waals surface area contributed by atoms with Gasteiger partial charge >= 0.3 is 0 Å². The van der Waals surface area contributed by atoms with Crippen molar-refractivity contribution in [2.24, 2.45) is 0 Å². The summed E-state index contributed by atoms with van der Waals surface area (Å²) >= 11 is 0. The molecule has 0 fully saturated rings. The highest BCUT2D eigenvalue weighted by atomic mass is 16.1. The summed E-state index contributed by atoms with van der Waals surface area (Å²) in [6.45, 7) is 3.85. The molecule has 2 aromatic heterocycles. The van der Waals surface area contributed by atoms with Crippen LogP contribution in [0.1, 0.15) is 21.6 Å². The maximum Gasteiger partial charge on any atom is 0.256 e. The maximum absolute atomic E-state index is 12.3. The van der Waals surface area contributed by atoms with Crippen LogP contribution < -0.4 is 5.32 Å². The molecular weight excluding hydrogens is 280 g/mol. The first-order valence-corrected chi connectivity index (χ1v) is 6.72. The molecular formula is C15H14N6O. The summed E-state index contributed by atoms with van der Waals surface area (Å²) in [5.74, 6) is 0.308. The molecule has 0 aliphatic heterocycles. The highest BCUT2D eigenvalue weighted by molar-refractivity contribution is 6.04. The minimum Gasteiger partial charge on any atom is -0.307 e. The zero-order valence-corrected chi connectivity index (χ0v) is 12.2. The fourth-order valence-electron chi connectivity index (χ4n) is 2.16. The van der Waals surface area contributed by atoms with Gasteiger partial charge in [0.05, 0.1) is 5.69 Å². The fraction of sp³-hybridized carbons (Fsp3) is 0.133. The highest BCUT2D eigenvalue weighted by Crippen LogP contribution is 2.13. The van der Waals surface area contributed by atoms with Crippen molar-refractivity contribution in [3.8, 4) is 5.69 Å². The second-order valence-electron chi connectivity index (χ2n) is 4.93. The van der Waals surface area contributed by atoms with E-state index in [0.717, 1.165) is 11.3 Å². The van der Waals surface area contributed by atoms with E-state index in [2.05, 4.69) is 25.8 Å². The average molecular weight is 294 g/mol. The van der Waals surface area contributed by atoms with Gasteiger partial charge in [0, 0.05) is 11.3 Å². The number of rotatable bonds is 3. The van der Waals surface area contributed by atoms with Gasteiger partial charge in [-0.25, -0.2) is 9.67 Å². The number of hydrogen-bond acceptors (Lipinski definition) is 5. The number of aromatic nitrogens is 5. The van der Waals surface area contributed by atoms with E-state index >= 15 is 0 Å². The third-order valence-electron chi connectivity index (χ3n) is 3.06. The van der Waals surface area contributed by atoms with E-state index in [1.54, 1.807) is 18.2 Å². The van der Waals surface area contributed by atoms with Gasteiger partial charge in [-0.2, -0.15) is 0 Å². The topological polar surface area (TPSA) is 85.6 Å². The molecule has 0 unspecified atom stereocenters. The van der Waals surface area contributed by atoms with Crippen LogP contribution in [0.5, 0.6) is 0 Å². The van der Waals surface area contributed by atoms with Crippen LogP contribution in [0.2, 0.25) is 0 Å². The van der Waals surface area contributed by atoms with Gasteiger partial charge in [0.25, 0.3) is 5.91 Å². The van der Waals surface area contributed by atoms with Crippen LogP contribution in [-0.2, 0) is 0 Å². The van der Waals surface area contributed by atoms with Crippen LogP contribution in [0.3, 0.4) is 0 Å². The van der Waals surface area contributed by atoms with Crippen molar-refractivity contribution in [1.29, 1.82) is 0 Å². The molecule has 7 heteroatoms. The lowest BCUT2D eigenvalue weighted by atomic mass is 10.2. The zero-order valence-electron chi connectivity index (χ0n) is 12.2. The molecule has 1 aromatic carbocycles. The number of amides is 1. The Bertz CT molecular complexity index is 792. The molecule has 0 aliphatic rings. The van der Waals surface area contributed by atoms with E-state index in [9.17, 15) is 4.79 Å². The smallest absolute Gasteiger partial charge is 0.256 e. The largest absolute Gasteiger partial charge is 0.307 e. The predicted molar refractivity (Wildman–Crippen MR) is 80.8 cm³/mol. The summed E-state index contributed by atoms with van der Waals surface area (Å²) in [4.78, 5) is 16.6. The number of nitrogens with one attached hydrogen (secondary N) is 1. The number of tetrazole rings is 1. The lowest BCUT2D eigenvalue weighted by molar-refractivity contribution is 0.102. The molecule has 7 nitrogen and oxygen atoms in total. The minimum atomic E-state index is -0.229. The maximum atomic E-state index is 12.3. The molecule has 3 rings (SSSR count). The number of benzene rings is 1. The first-order chi connectivity index (χ1) is 10.6. The molecule has 3 aromatic rings. The Balaban J connectivity index is 1.85. The normalized spacial score (nSPS) is 10.5. The van der Waals surface area contributed by atoms with Gasteiger partial charge in [-0.05, 0) is 60.2 Å². The number of carbonyl (C=O) groups excluding carboxylic acids is 1. The van der Waals surface area contributed by atoms with Crippen molar-refractivity contribution in [2.45, 2.75) is 13.8 Å². The van der Waals surface area contributed by atoms with Crippen molar-refractivity contribution in [3.05, 3.63) is 59.5 Å². The van der Waals surface area contributed by atoms with Crippen molar-refractivity contribution < 1.29 is 4.79 Å². The molecule has 110 valence electrons. The number of hydrogen-bond donors (Lipinski definition) is 1. The number of aryl methyl sites for hydroxylation is 2. The monoisotopic (exact) mass is 294 g/mol. The molecule has 0 bridgehead atoms. The van der Waals surface area contributed by atoms with Crippen LogP contribution in [0.15, 0.2) is 42.7 Å². The van der Waals surface area contributed by atoms with Crippen molar-refractivity contribution >= 4 is 11.7 Å². The lowest BCUT2D eigenvalue weighted by Gasteiger charge is -2.07. The van der Waals surface area contributed by atoms with Crippen LogP contribution in [-0.4, -0.2) is 31.1 Å². The number of nitrogens with zero attached hydrogens (tertiary/aromatic N) is 5. The van der Waals surface area contributed by atoms with Gasteiger partial charge in [0.15, 0.2) is 0 Å². The van der Waals surface area contributed by atoms with Crippen molar-refractivity contribution in [2.75, 3.05) is 5.32 Å². The highest BCUT2D eigenvalue weighted by Gasteiger charge is 2.09. The van der Waals surface area contributed by atoms with E-state index in [1.165, 1.54) is 11.0 Å². The van der Waals surface area contributed by atoms with Gasteiger partial charge in [-0.1, -0.05) is 6.07 Å².